The molecule has 0 unspecified atom stereocenters. The van der Waals surface area contributed by atoms with Crippen LogP contribution in [0.2, 0.25) is 0 Å². The molecule has 0 aliphatic carbocycles. The number of halogens is 3. The Morgan fingerprint density at radius 3 is 2.43 bits per heavy atom. The van der Waals surface area contributed by atoms with Crippen molar-refractivity contribution in [2.75, 3.05) is 18.0 Å². The third-order valence-corrected chi connectivity index (χ3v) is 4.09. The van der Waals surface area contributed by atoms with Gasteiger partial charge in [0.25, 0.3) is 0 Å². The highest BCUT2D eigenvalue weighted by Gasteiger charge is 2.32. The zero-order valence-electron chi connectivity index (χ0n) is 11.8. The Bertz CT molecular complexity index is 520. The van der Waals surface area contributed by atoms with Crippen molar-refractivity contribution in [3.63, 3.8) is 0 Å². The van der Waals surface area contributed by atoms with Crippen LogP contribution in [0.4, 0.5) is 18.9 Å². The lowest BCUT2D eigenvalue weighted by atomic mass is 9.93. The Labute approximate surface area is 121 Å². The molecule has 0 aromatic heterocycles. The summed E-state index contributed by atoms with van der Waals surface area (Å²) in [4.78, 5) is 13.1. The number of rotatable bonds is 3. The average molecular weight is 301 g/mol. The number of piperidine rings is 1. The molecule has 2 rings (SSSR count). The monoisotopic (exact) mass is 301 g/mol. The van der Waals surface area contributed by atoms with Gasteiger partial charge in [-0.25, -0.2) is 4.79 Å². The standard InChI is InChI=1S/C15H18F3NO2/c1-2-10-5-7-19(8-6-10)13-4-3-11(15(16,17)18)9-12(13)14(20)21/h3-4,9-10H,2,5-8H2,1H3,(H,20,21). The van der Waals surface area contributed by atoms with E-state index in [9.17, 15) is 23.1 Å². The molecule has 1 aliphatic heterocycles. The first kappa shape index (κ1) is 15.7. The topological polar surface area (TPSA) is 40.5 Å². The number of anilines is 1. The fourth-order valence-electron chi connectivity index (χ4n) is 2.74. The largest absolute Gasteiger partial charge is 0.478 e. The molecular formula is C15H18F3NO2. The van der Waals surface area contributed by atoms with Crippen molar-refractivity contribution in [3.05, 3.63) is 29.3 Å². The summed E-state index contributed by atoms with van der Waals surface area (Å²) in [6.07, 6.45) is -1.57. The van der Waals surface area contributed by atoms with Crippen LogP contribution in [0.3, 0.4) is 0 Å². The van der Waals surface area contributed by atoms with Crippen LogP contribution in [0.15, 0.2) is 18.2 Å². The maximum atomic E-state index is 12.7. The summed E-state index contributed by atoms with van der Waals surface area (Å²) in [7, 11) is 0. The molecule has 0 saturated carbocycles. The molecule has 1 N–H and O–H groups in total. The Morgan fingerprint density at radius 1 is 1.33 bits per heavy atom. The van der Waals surface area contributed by atoms with E-state index < -0.39 is 17.7 Å². The Hall–Kier alpha value is -1.72. The molecule has 6 heteroatoms. The highest BCUT2D eigenvalue weighted by molar-refractivity contribution is 5.94. The van der Waals surface area contributed by atoms with E-state index in [0.717, 1.165) is 31.4 Å². The van der Waals surface area contributed by atoms with Gasteiger partial charge in [-0.05, 0) is 37.0 Å². The number of carboxylic acids is 1. The van der Waals surface area contributed by atoms with Crippen LogP contribution in [-0.4, -0.2) is 24.2 Å². The summed E-state index contributed by atoms with van der Waals surface area (Å²) < 4.78 is 38.1. The van der Waals surface area contributed by atoms with Gasteiger partial charge >= 0.3 is 12.1 Å². The first-order chi connectivity index (χ1) is 9.82. The van der Waals surface area contributed by atoms with E-state index in [1.807, 2.05) is 4.90 Å². The minimum Gasteiger partial charge on any atom is -0.478 e. The Balaban J connectivity index is 2.29. The van der Waals surface area contributed by atoms with Gasteiger partial charge in [0.05, 0.1) is 16.8 Å². The van der Waals surface area contributed by atoms with Gasteiger partial charge in [-0.2, -0.15) is 13.2 Å². The van der Waals surface area contributed by atoms with Crippen LogP contribution < -0.4 is 4.90 Å². The Morgan fingerprint density at radius 2 is 1.95 bits per heavy atom. The molecule has 116 valence electrons. The fourth-order valence-corrected chi connectivity index (χ4v) is 2.74. The average Bonchev–Trinajstić information content (AvgIpc) is 2.45. The van der Waals surface area contributed by atoms with Crippen LogP contribution in [0.1, 0.15) is 42.1 Å². The summed E-state index contributed by atoms with van der Waals surface area (Å²) in [5.74, 6) is -0.710. The maximum Gasteiger partial charge on any atom is 0.416 e. The highest BCUT2D eigenvalue weighted by Crippen LogP contribution is 2.34. The molecule has 0 radical (unpaired) electrons. The van der Waals surface area contributed by atoms with Gasteiger partial charge in [-0.1, -0.05) is 13.3 Å². The van der Waals surface area contributed by atoms with E-state index in [4.69, 9.17) is 0 Å². The Kier molecular flexibility index (Phi) is 4.44. The lowest BCUT2D eigenvalue weighted by Gasteiger charge is -2.34. The van der Waals surface area contributed by atoms with Gasteiger partial charge in [0, 0.05) is 13.1 Å². The van der Waals surface area contributed by atoms with Crippen molar-refractivity contribution in [1.82, 2.24) is 0 Å². The zero-order chi connectivity index (χ0) is 15.6. The number of hydrogen-bond acceptors (Lipinski definition) is 2. The molecule has 0 amide bonds. The van der Waals surface area contributed by atoms with Crippen LogP contribution in [0.25, 0.3) is 0 Å². The molecule has 1 aliphatic rings. The van der Waals surface area contributed by atoms with Crippen LogP contribution in [0, 0.1) is 5.92 Å². The molecule has 1 fully saturated rings. The van der Waals surface area contributed by atoms with Gasteiger partial charge in [0.2, 0.25) is 0 Å². The summed E-state index contributed by atoms with van der Waals surface area (Å²) in [6.45, 7) is 3.48. The number of carboxylic acid groups (broad SMARTS) is 1. The molecule has 1 aromatic carbocycles. The number of hydrogen-bond donors (Lipinski definition) is 1. The first-order valence-electron chi connectivity index (χ1n) is 7.02. The van der Waals surface area contributed by atoms with Gasteiger partial charge in [-0.3, -0.25) is 0 Å². The lowest BCUT2D eigenvalue weighted by Crippen LogP contribution is -2.34. The highest BCUT2D eigenvalue weighted by atomic mass is 19.4. The quantitative estimate of drug-likeness (QED) is 0.916. The molecular weight excluding hydrogens is 283 g/mol. The van der Waals surface area contributed by atoms with Gasteiger partial charge in [0.1, 0.15) is 0 Å². The molecule has 21 heavy (non-hydrogen) atoms. The van der Waals surface area contributed by atoms with E-state index in [0.29, 0.717) is 24.7 Å². The molecule has 0 bridgehead atoms. The minimum atomic E-state index is -4.53. The molecule has 1 saturated heterocycles. The van der Waals surface area contributed by atoms with Crippen LogP contribution in [0.5, 0.6) is 0 Å². The van der Waals surface area contributed by atoms with Crippen molar-refractivity contribution in [2.24, 2.45) is 5.92 Å². The molecule has 1 heterocycles. The summed E-state index contributed by atoms with van der Waals surface area (Å²) in [5, 5.41) is 9.19. The van der Waals surface area contributed by atoms with Crippen molar-refractivity contribution < 1.29 is 23.1 Å². The maximum absolute atomic E-state index is 12.7. The molecule has 0 atom stereocenters. The number of benzene rings is 1. The van der Waals surface area contributed by atoms with Crippen molar-refractivity contribution in [3.8, 4) is 0 Å². The minimum absolute atomic E-state index is 0.278. The molecule has 3 nitrogen and oxygen atoms in total. The van der Waals surface area contributed by atoms with Crippen molar-refractivity contribution >= 4 is 11.7 Å². The summed E-state index contributed by atoms with van der Waals surface area (Å²) in [5.41, 5.74) is -0.822. The third-order valence-electron chi connectivity index (χ3n) is 4.09. The van der Waals surface area contributed by atoms with E-state index in [-0.39, 0.29) is 5.56 Å². The van der Waals surface area contributed by atoms with E-state index in [1.165, 1.54) is 6.07 Å². The second kappa shape index (κ2) is 5.95. The fraction of sp³-hybridized carbons (Fsp3) is 0.533. The second-order valence-corrected chi connectivity index (χ2v) is 5.37. The SMILES string of the molecule is CCC1CCN(c2ccc(C(F)(F)F)cc2C(=O)O)CC1. The van der Waals surface area contributed by atoms with Gasteiger partial charge in [-0.15, -0.1) is 0 Å². The normalized spacial score (nSPS) is 17.0. The molecule has 1 aromatic rings. The number of nitrogens with zero attached hydrogens (tertiary/aromatic N) is 1. The van der Waals surface area contributed by atoms with E-state index >= 15 is 0 Å². The van der Waals surface area contributed by atoms with Crippen LogP contribution >= 0.6 is 0 Å². The van der Waals surface area contributed by atoms with Gasteiger partial charge in [0.15, 0.2) is 0 Å². The van der Waals surface area contributed by atoms with Crippen molar-refractivity contribution in [2.45, 2.75) is 32.4 Å². The zero-order valence-corrected chi connectivity index (χ0v) is 11.8. The summed E-state index contributed by atoms with van der Waals surface area (Å²) >= 11 is 0. The summed E-state index contributed by atoms with van der Waals surface area (Å²) in [6, 6.07) is 2.95. The van der Waals surface area contributed by atoms with Gasteiger partial charge < -0.3 is 10.0 Å². The smallest absolute Gasteiger partial charge is 0.416 e. The number of aromatic carboxylic acids is 1. The molecule has 0 spiro atoms. The third kappa shape index (κ3) is 3.49. The second-order valence-electron chi connectivity index (χ2n) is 5.37. The van der Waals surface area contributed by atoms with Crippen molar-refractivity contribution in [1.29, 1.82) is 0 Å². The number of alkyl halides is 3. The number of carbonyl (C=O) groups is 1. The van der Waals surface area contributed by atoms with E-state index in [1.54, 1.807) is 0 Å². The van der Waals surface area contributed by atoms with E-state index in [2.05, 4.69) is 6.92 Å². The predicted octanol–water partition coefficient (Wildman–Crippen LogP) is 4.03. The van der Waals surface area contributed by atoms with Crippen LogP contribution in [-0.2, 0) is 6.18 Å². The first-order valence-corrected chi connectivity index (χ1v) is 7.02. The predicted molar refractivity (Wildman–Crippen MR) is 73.6 cm³/mol. The lowest BCUT2D eigenvalue weighted by molar-refractivity contribution is -0.137.